The van der Waals surface area contributed by atoms with Crippen LogP contribution >= 0.6 is 0 Å². The van der Waals surface area contributed by atoms with Crippen molar-refractivity contribution in [1.82, 2.24) is 19.7 Å². The summed E-state index contributed by atoms with van der Waals surface area (Å²) in [4.78, 5) is 8.75. The molecule has 20 heavy (non-hydrogen) atoms. The Bertz CT molecular complexity index is 580. The molecule has 5 heteroatoms. The van der Waals surface area contributed by atoms with Crippen LogP contribution in [-0.2, 0) is 13.0 Å². The second-order valence-electron chi connectivity index (χ2n) is 5.13. The Morgan fingerprint density at radius 1 is 1.10 bits per heavy atom. The van der Waals surface area contributed by atoms with Crippen molar-refractivity contribution in [2.75, 3.05) is 11.9 Å². The van der Waals surface area contributed by atoms with Crippen molar-refractivity contribution in [3.8, 4) is 0 Å². The molecular formula is C15H23N5. The summed E-state index contributed by atoms with van der Waals surface area (Å²) in [6, 6.07) is 1.97. The van der Waals surface area contributed by atoms with E-state index in [0.717, 1.165) is 36.6 Å². The van der Waals surface area contributed by atoms with Gasteiger partial charge >= 0.3 is 0 Å². The van der Waals surface area contributed by atoms with E-state index in [9.17, 15) is 0 Å². The van der Waals surface area contributed by atoms with Crippen LogP contribution in [0.5, 0.6) is 0 Å². The van der Waals surface area contributed by atoms with Crippen LogP contribution in [0.1, 0.15) is 35.3 Å². The molecule has 0 fully saturated rings. The van der Waals surface area contributed by atoms with Gasteiger partial charge in [0.2, 0.25) is 5.95 Å². The van der Waals surface area contributed by atoms with E-state index >= 15 is 0 Å². The van der Waals surface area contributed by atoms with Crippen molar-refractivity contribution in [1.29, 1.82) is 0 Å². The Balaban J connectivity index is 1.99. The fraction of sp³-hybridized carbons (Fsp3) is 0.533. The largest absolute Gasteiger partial charge is 0.352 e. The number of anilines is 1. The summed E-state index contributed by atoms with van der Waals surface area (Å²) in [5.41, 5.74) is 5.72. The minimum absolute atomic E-state index is 0.694. The first-order chi connectivity index (χ1) is 9.51. The molecule has 0 radical (unpaired) electrons. The highest BCUT2D eigenvalue weighted by Gasteiger charge is 2.09. The smallest absolute Gasteiger partial charge is 0.223 e. The van der Waals surface area contributed by atoms with Gasteiger partial charge in [-0.2, -0.15) is 5.10 Å². The van der Waals surface area contributed by atoms with Crippen LogP contribution in [0.15, 0.2) is 6.07 Å². The van der Waals surface area contributed by atoms with Crippen LogP contribution in [0, 0.1) is 27.7 Å². The number of rotatable bonds is 5. The van der Waals surface area contributed by atoms with Crippen molar-refractivity contribution >= 4 is 5.95 Å². The third-order valence-electron chi connectivity index (χ3n) is 3.47. The van der Waals surface area contributed by atoms with Gasteiger partial charge in [0, 0.05) is 23.6 Å². The summed E-state index contributed by atoms with van der Waals surface area (Å²) < 4.78 is 2.06. The van der Waals surface area contributed by atoms with Crippen molar-refractivity contribution in [2.45, 2.75) is 47.6 Å². The molecule has 0 saturated heterocycles. The quantitative estimate of drug-likeness (QED) is 0.909. The highest BCUT2D eigenvalue weighted by Crippen LogP contribution is 2.13. The van der Waals surface area contributed by atoms with Crippen molar-refractivity contribution < 1.29 is 0 Å². The van der Waals surface area contributed by atoms with Gasteiger partial charge in [0.05, 0.1) is 12.2 Å². The number of aromatic nitrogens is 4. The van der Waals surface area contributed by atoms with Gasteiger partial charge in [0.15, 0.2) is 0 Å². The van der Waals surface area contributed by atoms with Gasteiger partial charge in [-0.05, 0) is 45.7 Å². The van der Waals surface area contributed by atoms with E-state index in [-0.39, 0.29) is 0 Å². The van der Waals surface area contributed by atoms with Gasteiger partial charge in [0.25, 0.3) is 0 Å². The maximum atomic E-state index is 4.58. The third kappa shape index (κ3) is 3.15. The standard InChI is InChI=1S/C15H23N5/c1-6-14-12(4)19-20(13(14)5)8-7-16-15-17-10(2)9-11(3)18-15/h9H,6-8H2,1-5H3,(H,16,17,18). The highest BCUT2D eigenvalue weighted by molar-refractivity contribution is 5.28. The van der Waals surface area contributed by atoms with Crippen molar-refractivity contribution in [3.63, 3.8) is 0 Å². The molecule has 0 aliphatic carbocycles. The maximum Gasteiger partial charge on any atom is 0.223 e. The van der Waals surface area contributed by atoms with E-state index in [1.54, 1.807) is 0 Å². The van der Waals surface area contributed by atoms with Gasteiger partial charge in [-0.25, -0.2) is 9.97 Å². The molecule has 0 aliphatic heterocycles. The summed E-state index contributed by atoms with van der Waals surface area (Å²) in [7, 11) is 0. The topological polar surface area (TPSA) is 55.6 Å². The molecule has 5 nitrogen and oxygen atoms in total. The minimum atomic E-state index is 0.694. The third-order valence-corrected chi connectivity index (χ3v) is 3.47. The van der Waals surface area contributed by atoms with Gasteiger partial charge < -0.3 is 5.32 Å². The Morgan fingerprint density at radius 2 is 1.75 bits per heavy atom. The Labute approximate surface area is 120 Å². The van der Waals surface area contributed by atoms with Crippen LogP contribution in [-0.4, -0.2) is 26.3 Å². The van der Waals surface area contributed by atoms with E-state index in [0.29, 0.717) is 5.95 Å². The number of hydrogen-bond donors (Lipinski definition) is 1. The molecule has 108 valence electrons. The zero-order chi connectivity index (χ0) is 14.7. The average Bonchev–Trinajstić information content (AvgIpc) is 2.63. The molecule has 0 spiro atoms. The molecule has 0 amide bonds. The first-order valence-corrected chi connectivity index (χ1v) is 7.10. The summed E-state index contributed by atoms with van der Waals surface area (Å²) in [5.74, 6) is 0.694. The SMILES string of the molecule is CCc1c(C)nn(CCNc2nc(C)cc(C)n2)c1C. The van der Waals surface area contributed by atoms with E-state index < -0.39 is 0 Å². The molecule has 0 aliphatic rings. The second kappa shape index (κ2) is 6.03. The zero-order valence-electron chi connectivity index (χ0n) is 13.0. The van der Waals surface area contributed by atoms with E-state index in [4.69, 9.17) is 0 Å². The predicted octanol–water partition coefficient (Wildman–Crippen LogP) is 2.58. The minimum Gasteiger partial charge on any atom is -0.352 e. The van der Waals surface area contributed by atoms with E-state index in [1.807, 2.05) is 19.9 Å². The Morgan fingerprint density at radius 3 is 2.30 bits per heavy atom. The van der Waals surface area contributed by atoms with Crippen LogP contribution in [0.2, 0.25) is 0 Å². The summed E-state index contributed by atoms with van der Waals surface area (Å²) in [6.07, 6.45) is 1.03. The second-order valence-corrected chi connectivity index (χ2v) is 5.13. The summed E-state index contributed by atoms with van der Waals surface area (Å²) in [5, 5.41) is 7.85. The molecule has 0 aromatic carbocycles. The first-order valence-electron chi connectivity index (χ1n) is 7.10. The molecule has 2 aromatic rings. The molecule has 2 rings (SSSR count). The number of hydrogen-bond acceptors (Lipinski definition) is 4. The van der Waals surface area contributed by atoms with Gasteiger partial charge in [-0.3, -0.25) is 4.68 Å². The molecule has 0 bridgehead atoms. The molecule has 0 unspecified atom stereocenters. The number of aryl methyl sites for hydroxylation is 3. The molecule has 2 aromatic heterocycles. The lowest BCUT2D eigenvalue weighted by Gasteiger charge is -2.08. The maximum absolute atomic E-state index is 4.58. The lowest BCUT2D eigenvalue weighted by molar-refractivity contribution is 0.612. The van der Waals surface area contributed by atoms with Crippen molar-refractivity contribution in [3.05, 3.63) is 34.4 Å². The Hall–Kier alpha value is -1.91. The summed E-state index contributed by atoms with van der Waals surface area (Å²) in [6.45, 7) is 11.9. The number of nitrogens with zero attached hydrogens (tertiary/aromatic N) is 4. The monoisotopic (exact) mass is 273 g/mol. The predicted molar refractivity (Wildman–Crippen MR) is 81.1 cm³/mol. The first kappa shape index (κ1) is 14.5. The Kier molecular flexibility index (Phi) is 4.37. The molecule has 0 saturated carbocycles. The van der Waals surface area contributed by atoms with Crippen LogP contribution in [0.3, 0.4) is 0 Å². The van der Waals surface area contributed by atoms with Crippen LogP contribution in [0.4, 0.5) is 5.95 Å². The van der Waals surface area contributed by atoms with Crippen molar-refractivity contribution in [2.24, 2.45) is 0 Å². The highest BCUT2D eigenvalue weighted by atomic mass is 15.3. The molecular weight excluding hydrogens is 250 g/mol. The van der Waals surface area contributed by atoms with Gasteiger partial charge in [-0.15, -0.1) is 0 Å². The summed E-state index contributed by atoms with van der Waals surface area (Å²) >= 11 is 0. The van der Waals surface area contributed by atoms with E-state index in [2.05, 4.69) is 45.8 Å². The molecule has 1 N–H and O–H groups in total. The lowest BCUT2D eigenvalue weighted by Crippen LogP contribution is -2.15. The normalized spacial score (nSPS) is 10.8. The van der Waals surface area contributed by atoms with Crippen LogP contribution < -0.4 is 5.32 Å². The van der Waals surface area contributed by atoms with Gasteiger partial charge in [-0.1, -0.05) is 6.92 Å². The van der Waals surface area contributed by atoms with E-state index in [1.165, 1.54) is 11.3 Å². The number of nitrogens with one attached hydrogen (secondary N) is 1. The lowest BCUT2D eigenvalue weighted by atomic mass is 10.1. The fourth-order valence-corrected chi connectivity index (χ4v) is 2.54. The van der Waals surface area contributed by atoms with Gasteiger partial charge in [0.1, 0.15) is 0 Å². The zero-order valence-corrected chi connectivity index (χ0v) is 13.0. The molecule has 2 heterocycles. The van der Waals surface area contributed by atoms with Crippen LogP contribution in [0.25, 0.3) is 0 Å². The average molecular weight is 273 g/mol. The molecule has 0 atom stereocenters. The fourth-order valence-electron chi connectivity index (χ4n) is 2.54.